The smallest absolute Gasteiger partial charge is 0.244 e. The van der Waals surface area contributed by atoms with Gasteiger partial charge in [0.2, 0.25) is 21.8 Å². The van der Waals surface area contributed by atoms with Gasteiger partial charge >= 0.3 is 0 Å². The van der Waals surface area contributed by atoms with Gasteiger partial charge in [0.15, 0.2) is 0 Å². The molecule has 0 bridgehead atoms. The first kappa shape index (κ1) is 31.7. The molecule has 0 fully saturated rings. The monoisotopic (exact) mass is 623 g/mol. The molecule has 214 valence electrons. The quantitative estimate of drug-likeness (QED) is 0.275. The van der Waals surface area contributed by atoms with Crippen LogP contribution in [0.1, 0.15) is 25.0 Å². The second kappa shape index (κ2) is 14.2. The first-order valence-electron chi connectivity index (χ1n) is 12.6. The number of nitrogens with zero attached hydrogens (tertiary/aromatic N) is 2. The largest absolute Gasteiger partial charge is 0.354 e. The molecule has 40 heavy (non-hydrogen) atoms. The van der Waals surface area contributed by atoms with E-state index in [9.17, 15) is 18.0 Å². The van der Waals surface area contributed by atoms with Crippen molar-refractivity contribution in [2.75, 3.05) is 23.7 Å². The van der Waals surface area contributed by atoms with Crippen molar-refractivity contribution in [3.8, 4) is 0 Å². The number of carbonyl (C=O) groups excluding carboxylic acids is 2. The van der Waals surface area contributed by atoms with Crippen molar-refractivity contribution in [3.05, 3.63) is 99.0 Å². The van der Waals surface area contributed by atoms with Gasteiger partial charge in [-0.3, -0.25) is 13.9 Å². The molecular weight excluding hydrogens is 593 g/mol. The van der Waals surface area contributed by atoms with Crippen LogP contribution in [-0.4, -0.2) is 50.5 Å². The zero-order valence-corrected chi connectivity index (χ0v) is 25.6. The third kappa shape index (κ3) is 9.13. The standard InChI is InChI=1S/C29H32Cl3N3O4S/c1-20(2)17-33-29(37)27(16-21-7-5-4-6-8-21)34(18-22-9-14-25(31)26(32)15-22)28(36)19-35(40(3,38)39)24-12-10-23(30)11-13-24/h4-15,20,27H,16-19H2,1-3H3,(H,33,37)/t27-/m0/s1. The van der Waals surface area contributed by atoms with Gasteiger partial charge in [-0.15, -0.1) is 0 Å². The number of hydrogen-bond acceptors (Lipinski definition) is 4. The van der Waals surface area contributed by atoms with Crippen LogP contribution in [0.25, 0.3) is 0 Å². The average Bonchev–Trinajstić information content (AvgIpc) is 2.90. The number of hydrogen-bond donors (Lipinski definition) is 1. The Kier molecular flexibility index (Phi) is 11.3. The normalized spacial score (nSPS) is 12.2. The predicted molar refractivity (Wildman–Crippen MR) is 162 cm³/mol. The molecule has 1 N–H and O–H groups in total. The third-order valence-corrected chi connectivity index (χ3v) is 8.22. The van der Waals surface area contributed by atoms with E-state index in [0.717, 1.165) is 16.1 Å². The summed E-state index contributed by atoms with van der Waals surface area (Å²) in [5.41, 5.74) is 1.75. The first-order valence-corrected chi connectivity index (χ1v) is 15.6. The molecule has 0 spiro atoms. The summed E-state index contributed by atoms with van der Waals surface area (Å²) < 4.78 is 26.6. The van der Waals surface area contributed by atoms with Gasteiger partial charge in [-0.1, -0.05) is 85.0 Å². The fourth-order valence-electron chi connectivity index (χ4n) is 4.03. The summed E-state index contributed by atoms with van der Waals surface area (Å²) in [5.74, 6) is -0.721. The highest BCUT2D eigenvalue weighted by molar-refractivity contribution is 7.92. The van der Waals surface area contributed by atoms with Crippen molar-refractivity contribution >= 4 is 62.3 Å². The maximum Gasteiger partial charge on any atom is 0.244 e. The fourth-order valence-corrected chi connectivity index (χ4v) is 5.33. The van der Waals surface area contributed by atoms with Gasteiger partial charge in [-0.05, 0) is 53.4 Å². The molecule has 0 heterocycles. The molecule has 0 saturated carbocycles. The van der Waals surface area contributed by atoms with E-state index in [-0.39, 0.29) is 30.5 Å². The summed E-state index contributed by atoms with van der Waals surface area (Å²) in [6.45, 7) is 3.84. The van der Waals surface area contributed by atoms with E-state index in [4.69, 9.17) is 34.8 Å². The van der Waals surface area contributed by atoms with Crippen LogP contribution in [0.5, 0.6) is 0 Å². The molecule has 0 unspecified atom stereocenters. The topological polar surface area (TPSA) is 86.8 Å². The van der Waals surface area contributed by atoms with Crippen molar-refractivity contribution in [1.82, 2.24) is 10.2 Å². The van der Waals surface area contributed by atoms with Gasteiger partial charge < -0.3 is 10.2 Å². The number of nitrogens with one attached hydrogen (secondary N) is 1. The lowest BCUT2D eigenvalue weighted by Crippen LogP contribution is -2.53. The zero-order chi connectivity index (χ0) is 29.4. The molecule has 3 aromatic carbocycles. The van der Waals surface area contributed by atoms with E-state index in [0.29, 0.717) is 27.2 Å². The van der Waals surface area contributed by atoms with Crippen molar-refractivity contribution < 1.29 is 18.0 Å². The van der Waals surface area contributed by atoms with Crippen LogP contribution in [0.4, 0.5) is 5.69 Å². The van der Waals surface area contributed by atoms with Crippen molar-refractivity contribution in [3.63, 3.8) is 0 Å². The molecule has 3 aromatic rings. The number of anilines is 1. The van der Waals surface area contributed by atoms with Crippen LogP contribution in [0.15, 0.2) is 72.8 Å². The molecular formula is C29H32Cl3N3O4S. The maximum absolute atomic E-state index is 14.0. The fraction of sp³-hybridized carbons (Fsp3) is 0.310. The van der Waals surface area contributed by atoms with E-state index in [1.54, 1.807) is 30.3 Å². The summed E-state index contributed by atoms with van der Waals surface area (Å²) in [5, 5.41) is 4.02. The Morgan fingerprint density at radius 3 is 2.10 bits per heavy atom. The predicted octanol–water partition coefficient (Wildman–Crippen LogP) is 5.83. The van der Waals surface area contributed by atoms with Crippen LogP contribution >= 0.6 is 34.8 Å². The lowest BCUT2D eigenvalue weighted by atomic mass is 10.0. The summed E-state index contributed by atoms with van der Waals surface area (Å²) in [7, 11) is -3.87. The Balaban J connectivity index is 2.06. The van der Waals surface area contributed by atoms with Gasteiger partial charge in [0.25, 0.3) is 0 Å². The lowest BCUT2D eigenvalue weighted by molar-refractivity contribution is -0.140. The molecule has 0 aliphatic carbocycles. The SMILES string of the molecule is CC(C)CNC(=O)[C@H](Cc1ccccc1)N(Cc1ccc(Cl)c(Cl)c1)C(=O)CN(c1ccc(Cl)cc1)S(C)(=O)=O. The van der Waals surface area contributed by atoms with Crippen LogP contribution in [0, 0.1) is 5.92 Å². The van der Waals surface area contributed by atoms with Gasteiger partial charge in [0.1, 0.15) is 12.6 Å². The molecule has 0 saturated heterocycles. The average molecular weight is 625 g/mol. The molecule has 2 amide bonds. The molecule has 3 rings (SSSR count). The van der Waals surface area contributed by atoms with Crippen LogP contribution in [-0.2, 0) is 32.6 Å². The highest BCUT2D eigenvalue weighted by atomic mass is 35.5. The molecule has 0 aromatic heterocycles. The molecule has 11 heteroatoms. The van der Waals surface area contributed by atoms with Crippen LogP contribution in [0.3, 0.4) is 0 Å². The number of carbonyl (C=O) groups is 2. The number of sulfonamides is 1. The Hall–Kier alpha value is -2.78. The minimum atomic E-state index is -3.87. The van der Waals surface area contributed by atoms with Crippen molar-refractivity contribution in [2.45, 2.75) is 32.9 Å². The van der Waals surface area contributed by atoms with E-state index in [1.165, 1.54) is 17.0 Å². The Morgan fingerprint density at radius 2 is 1.52 bits per heavy atom. The van der Waals surface area contributed by atoms with Gasteiger partial charge in [0, 0.05) is 24.5 Å². The number of benzene rings is 3. The van der Waals surface area contributed by atoms with Crippen LogP contribution in [0.2, 0.25) is 15.1 Å². The van der Waals surface area contributed by atoms with E-state index >= 15 is 0 Å². The lowest BCUT2D eigenvalue weighted by Gasteiger charge is -2.33. The Bertz CT molecular complexity index is 1420. The van der Waals surface area contributed by atoms with Crippen LogP contribution < -0.4 is 9.62 Å². The van der Waals surface area contributed by atoms with Gasteiger partial charge in [-0.2, -0.15) is 0 Å². The number of rotatable bonds is 12. The summed E-state index contributed by atoms with van der Waals surface area (Å²) in [6.07, 6.45) is 1.24. The molecule has 0 aliphatic heterocycles. The molecule has 0 aliphatic rings. The van der Waals surface area contributed by atoms with Gasteiger partial charge in [-0.25, -0.2) is 8.42 Å². The first-order chi connectivity index (χ1) is 18.8. The highest BCUT2D eigenvalue weighted by Gasteiger charge is 2.33. The zero-order valence-electron chi connectivity index (χ0n) is 22.5. The number of amides is 2. The van der Waals surface area contributed by atoms with Crippen molar-refractivity contribution in [2.24, 2.45) is 5.92 Å². The Labute approximate surface area is 251 Å². The van der Waals surface area contributed by atoms with E-state index < -0.39 is 28.5 Å². The molecule has 1 atom stereocenters. The third-order valence-electron chi connectivity index (χ3n) is 6.09. The van der Waals surface area contributed by atoms with Gasteiger partial charge in [0.05, 0.1) is 22.0 Å². The summed E-state index contributed by atoms with van der Waals surface area (Å²) in [6, 6.07) is 19.5. The second-order valence-corrected chi connectivity index (χ2v) is 13.0. The summed E-state index contributed by atoms with van der Waals surface area (Å²) >= 11 is 18.4. The minimum absolute atomic E-state index is 0.000536. The van der Waals surface area contributed by atoms with E-state index in [2.05, 4.69) is 5.32 Å². The van der Waals surface area contributed by atoms with E-state index in [1.807, 2.05) is 44.2 Å². The van der Waals surface area contributed by atoms with Crippen molar-refractivity contribution in [1.29, 1.82) is 0 Å². The Morgan fingerprint density at radius 1 is 0.875 bits per heavy atom. The minimum Gasteiger partial charge on any atom is -0.354 e. The highest BCUT2D eigenvalue weighted by Crippen LogP contribution is 2.25. The molecule has 7 nitrogen and oxygen atoms in total. The number of halogens is 3. The molecule has 0 radical (unpaired) electrons. The maximum atomic E-state index is 14.0. The second-order valence-electron chi connectivity index (χ2n) is 9.86. The summed E-state index contributed by atoms with van der Waals surface area (Å²) in [4.78, 5) is 29.0.